The van der Waals surface area contributed by atoms with Crippen molar-refractivity contribution in [2.24, 2.45) is 5.92 Å². The zero-order valence-electron chi connectivity index (χ0n) is 13.8. The molecule has 1 aliphatic heterocycles. The van der Waals surface area contributed by atoms with Crippen LogP contribution in [0.3, 0.4) is 0 Å². The zero-order chi connectivity index (χ0) is 17.1. The minimum Gasteiger partial charge on any atom is -0.464 e. The van der Waals surface area contributed by atoms with Gasteiger partial charge in [0.2, 0.25) is 5.91 Å². The quantitative estimate of drug-likeness (QED) is 0.919. The van der Waals surface area contributed by atoms with Crippen LogP contribution in [0, 0.1) is 12.8 Å². The number of nitrogens with zero attached hydrogens (tertiary/aromatic N) is 3. The number of carbonyl (C=O) groups excluding carboxylic acids is 1. The van der Waals surface area contributed by atoms with Crippen LogP contribution in [0.15, 0.2) is 28.7 Å². The lowest BCUT2D eigenvalue weighted by molar-refractivity contribution is -0.126. The summed E-state index contributed by atoms with van der Waals surface area (Å²) in [6, 6.07) is 7.21. The molecule has 128 valence electrons. The zero-order valence-corrected chi connectivity index (χ0v) is 14.6. The number of anilines is 1. The number of hydrogen-bond acceptors (Lipinski definition) is 5. The number of furan rings is 1. The molecule has 2 aromatic heterocycles. The van der Waals surface area contributed by atoms with E-state index < -0.39 is 0 Å². The Morgan fingerprint density at radius 1 is 1.38 bits per heavy atom. The Labute approximate surface area is 146 Å². The minimum absolute atomic E-state index is 0.0446. The molecule has 0 radical (unpaired) electrons. The van der Waals surface area contributed by atoms with Crippen LogP contribution in [-0.4, -0.2) is 29.2 Å². The van der Waals surface area contributed by atoms with Crippen molar-refractivity contribution in [1.82, 2.24) is 15.5 Å². The van der Waals surface area contributed by atoms with Crippen LogP contribution >= 0.6 is 11.6 Å². The number of halogens is 1. The lowest BCUT2D eigenvalue weighted by Gasteiger charge is -2.33. The van der Waals surface area contributed by atoms with E-state index in [-0.39, 0.29) is 17.9 Å². The molecule has 2 atom stereocenters. The van der Waals surface area contributed by atoms with E-state index in [1.165, 1.54) is 0 Å². The van der Waals surface area contributed by atoms with Gasteiger partial charge in [-0.2, -0.15) is 0 Å². The summed E-state index contributed by atoms with van der Waals surface area (Å²) in [5.41, 5.74) is 0. The maximum Gasteiger partial charge on any atom is 0.225 e. The second-order valence-corrected chi connectivity index (χ2v) is 6.57. The fourth-order valence-corrected chi connectivity index (χ4v) is 3.07. The molecule has 6 nitrogen and oxygen atoms in total. The summed E-state index contributed by atoms with van der Waals surface area (Å²) in [4.78, 5) is 14.7. The predicted octanol–water partition coefficient (Wildman–Crippen LogP) is 3.13. The Kier molecular flexibility index (Phi) is 5.04. The summed E-state index contributed by atoms with van der Waals surface area (Å²) in [7, 11) is 0. The number of nitrogens with one attached hydrogen (secondary N) is 1. The fraction of sp³-hybridized carbons (Fsp3) is 0.471. The number of rotatable bonds is 4. The third-order valence-electron chi connectivity index (χ3n) is 4.28. The van der Waals surface area contributed by atoms with Crippen LogP contribution in [0.2, 0.25) is 5.15 Å². The van der Waals surface area contributed by atoms with Crippen molar-refractivity contribution in [2.75, 3.05) is 18.0 Å². The summed E-state index contributed by atoms with van der Waals surface area (Å²) in [6.07, 6.45) is 1.81. The number of aryl methyl sites for hydroxylation is 1. The highest BCUT2D eigenvalue weighted by Gasteiger charge is 2.28. The number of amides is 1. The monoisotopic (exact) mass is 348 g/mol. The van der Waals surface area contributed by atoms with Gasteiger partial charge in [0.15, 0.2) is 11.0 Å². The van der Waals surface area contributed by atoms with E-state index in [0.717, 1.165) is 36.7 Å². The van der Waals surface area contributed by atoms with Crippen molar-refractivity contribution in [3.05, 3.63) is 40.9 Å². The highest BCUT2D eigenvalue weighted by molar-refractivity contribution is 6.29. The van der Waals surface area contributed by atoms with Crippen LogP contribution in [0.5, 0.6) is 0 Å². The second kappa shape index (κ2) is 7.21. The molecule has 3 heterocycles. The average molecular weight is 349 g/mol. The molecular formula is C17H21ClN4O2. The highest BCUT2D eigenvalue weighted by atomic mass is 35.5. The van der Waals surface area contributed by atoms with Gasteiger partial charge in [0.05, 0.1) is 12.0 Å². The van der Waals surface area contributed by atoms with E-state index in [1.54, 1.807) is 6.07 Å². The number of hydrogen-bond donors (Lipinski definition) is 1. The summed E-state index contributed by atoms with van der Waals surface area (Å²) >= 11 is 5.78. The molecule has 0 aromatic carbocycles. The van der Waals surface area contributed by atoms with Crippen LogP contribution < -0.4 is 10.2 Å². The largest absolute Gasteiger partial charge is 0.464 e. The SMILES string of the molecule is Cc1ccc(C(C)NC(=O)C2CCCN(c3ccc(Cl)nn3)C2)o1. The van der Waals surface area contributed by atoms with E-state index in [4.69, 9.17) is 16.0 Å². The topological polar surface area (TPSA) is 71.3 Å². The summed E-state index contributed by atoms with van der Waals surface area (Å²) in [6.45, 7) is 5.32. The van der Waals surface area contributed by atoms with Crippen LogP contribution in [0.1, 0.15) is 37.3 Å². The van der Waals surface area contributed by atoms with Gasteiger partial charge in [0, 0.05) is 13.1 Å². The Morgan fingerprint density at radius 2 is 2.21 bits per heavy atom. The van der Waals surface area contributed by atoms with E-state index in [9.17, 15) is 4.79 Å². The van der Waals surface area contributed by atoms with Gasteiger partial charge in [-0.05, 0) is 51.0 Å². The van der Waals surface area contributed by atoms with Gasteiger partial charge in [-0.3, -0.25) is 4.79 Å². The number of carbonyl (C=O) groups is 1. The molecule has 1 N–H and O–H groups in total. The lowest BCUT2D eigenvalue weighted by atomic mass is 9.96. The molecule has 3 rings (SSSR count). The van der Waals surface area contributed by atoms with Crippen LogP contribution in [-0.2, 0) is 4.79 Å². The Hall–Kier alpha value is -2.08. The predicted molar refractivity (Wildman–Crippen MR) is 92.0 cm³/mol. The molecule has 0 spiro atoms. The molecule has 2 unspecified atom stereocenters. The van der Waals surface area contributed by atoms with Crippen molar-refractivity contribution >= 4 is 23.3 Å². The molecule has 1 amide bonds. The van der Waals surface area contributed by atoms with Gasteiger partial charge in [-0.15, -0.1) is 10.2 Å². The van der Waals surface area contributed by atoms with Crippen molar-refractivity contribution in [2.45, 2.75) is 32.7 Å². The average Bonchev–Trinajstić information content (AvgIpc) is 3.02. The summed E-state index contributed by atoms with van der Waals surface area (Å²) in [5, 5.41) is 11.4. The maximum atomic E-state index is 12.6. The maximum absolute atomic E-state index is 12.6. The van der Waals surface area contributed by atoms with E-state index in [1.807, 2.05) is 32.0 Å². The molecule has 24 heavy (non-hydrogen) atoms. The lowest BCUT2D eigenvalue weighted by Crippen LogP contribution is -2.44. The first kappa shape index (κ1) is 16.8. The third-order valence-corrected chi connectivity index (χ3v) is 4.48. The smallest absolute Gasteiger partial charge is 0.225 e. The van der Waals surface area contributed by atoms with Gasteiger partial charge in [-0.25, -0.2) is 0 Å². The van der Waals surface area contributed by atoms with Crippen molar-refractivity contribution < 1.29 is 9.21 Å². The molecule has 0 aliphatic carbocycles. The molecule has 7 heteroatoms. The van der Waals surface area contributed by atoms with Crippen molar-refractivity contribution in [1.29, 1.82) is 0 Å². The molecule has 1 saturated heterocycles. The first-order chi connectivity index (χ1) is 11.5. The van der Waals surface area contributed by atoms with E-state index in [2.05, 4.69) is 20.4 Å². The number of piperidine rings is 1. The summed E-state index contributed by atoms with van der Waals surface area (Å²) in [5.74, 6) is 2.35. The fourth-order valence-electron chi connectivity index (χ4n) is 2.97. The van der Waals surface area contributed by atoms with Crippen LogP contribution in [0.25, 0.3) is 0 Å². The number of aromatic nitrogens is 2. The normalized spacial score (nSPS) is 19.1. The van der Waals surface area contributed by atoms with Gasteiger partial charge in [0.1, 0.15) is 11.5 Å². The molecule has 0 bridgehead atoms. The molecule has 0 saturated carbocycles. The highest BCUT2D eigenvalue weighted by Crippen LogP contribution is 2.23. The third kappa shape index (κ3) is 3.87. The summed E-state index contributed by atoms with van der Waals surface area (Å²) < 4.78 is 5.58. The van der Waals surface area contributed by atoms with Gasteiger partial charge >= 0.3 is 0 Å². The van der Waals surface area contributed by atoms with Gasteiger partial charge < -0.3 is 14.6 Å². The first-order valence-corrected chi connectivity index (χ1v) is 8.51. The standard InChI is InChI=1S/C17H21ClN4O2/c1-11-5-6-14(24-11)12(2)19-17(23)13-4-3-9-22(10-13)16-8-7-15(18)20-21-16/h5-8,12-13H,3-4,9-10H2,1-2H3,(H,19,23). The minimum atomic E-state index is -0.142. The van der Waals surface area contributed by atoms with E-state index >= 15 is 0 Å². The molecule has 1 aliphatic rings. The molecular weight excluding hydrogens is 328 g/mol. The first-order valence-electron chi connectivity index (χ1n) is 8.14. The Bertz CT molecular complexity index is 701. The second-order valence-electron chi connectivity index (χ2n) is 6.18. The molecule has 1 fully saturated rings. The van der Waals surface area contributed by atoms with Gasteiger partial charge in [-0.1, -0.05) is 11.6 Å². The Morgan fingerprint density at radius 3 is 2.88 bits per heavy atom. The van der Waals surface area contributed by atoms with Crippen molar-refractivity contribution in [3.8, 4) is 0 Å². The molecule has 2 aromatic rings. The Balaban J connectivity index is 1.61. The van der Waals surface area contributed by atoms with Crippen molar-refractivity contribution in [3.63, 3.8) is 0 Å². The van der Waals surface area contributed by atoms with Crippen LogP contribution in [0.4, 0.5) is 5.82 Å². The van der Waals surface area contributed by atoms with E-state index in [0.29, 0.717) is 11.7 Å². The van der Waals surface area contributed by atoms with Gasteiger partial charge in [0.25, 0.3) is 0 Å².